The molecule has 102 valence electrons. The molecule has 2 atom stereocenters. The van der Waals surface area contributed by atoms with E-state index in [1.165, 1.54) is 0 Å². The van der Waals surface area contributed by atoms with E-state index < -0.39 is 11.9 Å². The van der Waals surface area contributed by atoms with Gasteiger partial charge in [0.05, 0.1) is 5.92 Å². The highest BCUT2D eigenvalue weighted by Crippen LogP contribution is 2.23. The average molecular weight is 262 g/mol. The number of pyridine rings is 1. The zero-order valence-corrected chi connectivity index (χ0v) is 11.2. The second-order valence-electron chi connectivity index (χ2n) is 5.08. The van der Waals surface area contributed by atoms with Gasteiger partial charge in [0.25, 0.3) is 5.91 Å². The van der Waals surface area contributed by atoms with Gasteiger partial charge in [0.2, 0.25) is 0 Å². The Balaban J connectivity index is 2.19. The van der Waals surface area contributed by atoms with Gasteiger partial charge in [-0.1, -0.05) is 6.07 Å². The monoisotopic (exact) mass is 262 g/mol. The van der Waals surface area contributed by atoms with Crippen LogP contribution in [0.5, 0.6) is 0 Å². The summed E-state index contributed by atoms with van der Waals surface area (Å²) in [4.78, 5) is 29.3. The van der Waals surface area contributed by atoms with E-state index in [1.807, 2.05) is 19.9 Å². The summed E-state index contributed by atoms with van der Waals surface area (Å²) in [6.07, 6.45) is 1.34. The maximum absolute atomic E-state index is 12.4. The van der Waals surface area contributed by atoms with E-state index in [0.29, 0.717) is 18.5 Å². The number of piperidine rings is 1. The minimum atomic E-state index is -0.832. The van der Waals surface area contributed by atoms with Gasteiger partial charge in [0, 0.05) is 18.3 Å². The number of amides is 1. The molecule has 0 aromatic carbocycles. The summed E-state index contributed by atoms with van der Waals surface area (Å²) >= 11 is 0. The first-order chi connectivity index (χ1) is 8.99. The number of carbonyl (C=O) groups excluding carboxylic acids is 1. The molecule has 19 heavy (non-hydrogen) atoms. The van der Waals surface area contributed by atoms with Gasteiger partial charge < -0.3 is 10.0 Å². The summed E-state index contributed by atoms with van der Waals surface area (Å²) < 4.78 is 0. The smallest absolute Gasteiger partial charge is 0.308 e. The highest BCUT2D eigenvalue weighted by molar-refractivity contribution is 5.93. The summed E-state index contributed by atoms with van der Waals surface area (Å²) in [5.74, 6) is -1.48. The first kappa shape index (κ1) is 13.5. The zero-order valence-electron chi connectivity index (χ0n) is 11.2. The second kappa shape index (κ2) is 5.38. The molecule has 1 aromatic heterocycles. The van der Waals surface area contributed by atoms with E-state index in [1.54, 1.807) is 17.0 Å². The summed E-state index contributed by atoms with van der Waals surface area (Å²) in [5, 5.41) is 9.09. The van der Waals surface area contributed by atoms with Crippen molar-refractivity contribution in [2.45, 2.75) is 32.7 Å². The number of nitrogens with zero attached hydrogens (tertiary/aromatic N) is 2. The minimum absolute atomic E-state index is 0.0606. The number of rotatable bonds is 2. The lowest BCUT2D eigenvalue weighted by Gasteiger charge is -2.36. The summed E-state index contributed by atoms with van der Waals surface area (Å²) in [7, 11) is 0. The van der Waals surface area contributed by atoms with E-state index in [4.69, 9.17) is 5.11 Å². The van der Waals surface area contributed by atoms with Crippen LogP contribution in [0.4, 0.5) is 0 Å². The molecule has 0 bridgehead atoms. The predicted molar refractivity (Wildman–Crippen MR) is 69.8 cm³/mol. The molecule has 1 amide bonds. The maximum Gasteiger partial charge on any atom is 0.308 e. The van der Waals surface area contributed by atoms with E-state index in [2.05, 4.69) is 4.98 Å². The van der Waals surface area contributed by atoms with Crippen LogP contribution in [0.2, 0.25) is 0 Å². The van der Waals surface area contributed by atoms with Gasteiger partial charge in [-0.05, 0) is 38.8 Å². The molecule has 0 aliphatic carbocycles. The fourth-order valence-corrected chi connectivity index (χ4v) is 2.40. The van der Waals surface area contributed by atoms with Gasteiger partial charge in [-0.25, -0.2) is 4.98 Å². The second-order valence-corrected chi connectivity index (χ2v) is 5.08. The largest absolute Gasteiger partial charge is 0.481 e. The third kappa shape index (κ3) is 2.92. The number of aliphatic carboxylic acids is 1. The molecule has 2 rings (SSSR count). The molecule has 0 spiro atoms. The minimum Gasteiger partial charge on any atom is -0.481 e. The van der Waals surface area contributed by atoms with Crippen molar-refractivity contribution in [1.82, 2.24) is 9.88 Å². The molecular weight excluding hydrogens is 244 g/mol. The molecule has 5 nitrogen and oxygen atoms in total. The fourth-order valence-electron chi connectivity index (χ4n) is 2.40. The van der Waals surface area contributed by atoms with Crippen LogP contribution in [-0.2, 0) is 4.79 Å². The molecule has 1 aromatic rings. The van der Waals surface area contributed by atoms with Crippen LogP contribution in [0.15, 0.2) is 18.2 Å². The molecule has 1 fully saturated rings. The first-order valence-corrected chi connectivity index (χ1v) is 6.46. The maximum atomic E-state index is 12.4. The Kier molecular flexibility index (Phi) is 3.83. The molecule has 2 heterocycles. The summed E-state index contributed by atoms with van der Waals surface area (Å²) in [6, 6.07) is 5.35. The van der Waals surface area contributed by atoms with Crippen molar-refractivity contribution in [3.05, 3.63) is 29.6 Å². The number of hydrogen-bond donors (Lipinski definition) is 1. The Morgan fingerprint density at radius 1 is 1.37 bits per heavy atom. The summed E-state index contributed by atoms with van der Waals surface area (Å²) in [6.45, 7) is 4.05. The van der Waals surface area contributed by atoms with Crippen LogP contribution >= 0.6 is 0 Å². The molecule has 1 aliphatic rings. The van der Waals surface area contributed by atoms with E-state index in [0.717, 1.165) is 5.69 Å². The number of likely N-dealkylation sites (tertiary alicyclic amines) is 1. The van der Waals surface area contributed by atoms with Crippen LogP contribution in [0.3, 0.4) is 0 Å². The Labute approximate surface area is 112 Å². The fraction of sp³-hybridized carbons (Fsp3) is 0.500. The highest BCUT2D eigenvalue weighted by Gasteiger charge is 2.33. The van der Waals surface area contributed by atoms with Crippen molar-refractivity contribution < 1.29 is 14.7 Å². The quantitative estimate of drug-likeness (QED) is 0.881. The molecule has 2 unspecified atom stereocenters. The number of carbonyl (C=O) groups is 2. The predicted octanol–water partition coefficient (Wildman–Crippen LogP) is 1.72. The molecule has 5 heteroatoms. The van der Waals surface area contributed by atoms with Gasteiger partial charge in [-0.3, -0.25) is 9.59 Å². The molecule has 1 N–H and O–H groups in total. The normalized spacial score (nSPS) is 23.2. The van der Waals surface area contributed by atoms with Crippen LogP contribution in [0, 0.1) is 12.8 Å². The van der Waals surface area contributed by atoms with Gasteiger partial charge >= 0.3 is 5.97 Å². The number of carboxylic acids is 1. The van der Waals surface area contributed by atoms with Crippen LogP contribution in [-0.4, -0.2) is 39.5 Å². The lowest BCUT2D eigenvalue weighted by molar-refractivity contribution is -0.143. The topological polar surface area (TPSA) is 70.5 Å². The van der Waals surface area contributed by atoms with E-state index >= 15 is 0 Å². The number of aryl methyl sites for hydroxylation is 1. The van der Waals surface area contributed by atoms with Gasteiger partial charge in [-0.15, -0.1) is 0 Å². The average Bonchev–Trinajstić information content (AvgIpc) is 2.38. The lowest BCUT2D eigenvalue weighted by Crippen LogP contribution is -2.47. The van der Waals surface area contributed by atoms with E-state index in [9.17, 15) is 9.59 Å². The number of carboxylic acid groups (broad SMARTS) is 1. The molecule has 1 aliphatic heterocycles. The van der Waals surface area contributed by atoms with Crippen molar-refractivity contribution in [3.8, 4) is 0 Å². The SMILES string of the molecule is Cc1cccc(C(=O)N2CC(C(=O)O)CCC2C)n1. The standard InChI is InChI=1S/C14H18N2O3/c1-9-4-3-5-12(15-9)13(17)16-8-11(14(18)19)7-6-10(16)2/h3-5,10-11H,6-8H2,1-2H3,(H,18,19). The Morgan fingerprint density at radius 2 is 2.11 bits per heavy atom. The van der Waals surface area contributed by atoms with E-state index in [-0.39, 0.29) is 18.5 Å². The third-order valence-electron chi connectivity index (χ3n) is 3.60. The molecule has 0 radical (unpaired) electrons. The Morgan fingerprint density at radius 3 is 2.74 bits per heavy atom. The highest BCUT2D eigenvalue weighted by atomic mass is 16.4. The van der Waals surface area contributed by atoms with Crippen molar-refractivity contribution in [3.63, 3.8) is 0 Å². The lowest BCUT2D eigenvalue weighted by atomic mass is 9.93. The van der Waals surface area contributed by atoms with Crippen molar-refractivity contribution in [2.24, 2.45) is 5.92 Å². The Hall–Kier alpha value is -1.91. The zero-order chi connectivity index (χ0) is 14.0. The van der Waals surface area contributed by atoms with Gasteiger partial charge in [0.15, 0.2) is 0 Å². The molecular formula is C14H18N2O3. The van der Waals surface area contributed by atoms with Crippen LogP contribution < -0.4 is 0 Å². The van der Waals surface area contributed by atoms with Gasteiger partial charge in [0.1, 0.15) is 5.69 Å². The van der Waals surface area contributed by atoms with Crippen molar-refractivity contribution in [2.75, 3.05) is 6.54 Å². The van der Waals surface area contributed by atoms with Crippen LogP contribution in [0.1, 0.15) is 35.9 Å². The van der Waals surface area contributed by atoms with Crippen LogP contribution in [0.25, 0.3) is 0 Å². The summed E-state index contributed by atoms with van der Waals surface area (Å²) in [5.41, 5.74) is 1.17. The molecule has 1 saturated heterocycles. The van der Waals surface area contributed by atoms with Crippen molar-refractivity contribution in [1.29, 1.82) is 0 Å². The Bertz CT molecular complexity index is 501. The number of aromatic nitrogens is 1. The molecule has 0 saturated carbocycles. The third-order valence-corrected chi connectivity index (χ3v) is 3.60. The number of hydrogen-bond acceptors (Lipinski definition) is 3. The van der Waals surface area contributed by atoms with Crippen molar-refractivity contribution >= 4 is 11.9 Å². The first-order valence-electron chi connectivity index (χ1n) is 6.46. The van der Waals surface area contributed by atoms with Gasteiger partial charge in [-0.2, -0.15) is 0 Å².